The summed E-state index contributed by atoms with van der Waals surface area (Å²) in [5.74, 6) is 0.410. The van der Waals surface area contributed by atoms with E-state index in [1.807, 2.05) is 18.2 Å². The third kappa shape index (κ3) is 3.55. The Kier molecular flexibility index (Phi) is 4.89. The van der Waals surface area contributed by atoms with Crippen LogP contribution in [0, 0.1) is 5.92 Å². The molecule has 120 valence electrons. The second-order valence-corrected chi connectivity index (χ2v) is 6.89. The van der Waals surface area contributed by atoms with Crippen LogP contribution in [0.5, 0.6) is 0 Å². The maximum atomic E-state index is 12.2. The molecule has 0 bridgehead atoms. The van der Waals surface area contributed by atoms with Gasteiger partial charge in [-0.15, -0.1) is 0 Å². The van der Waals surface area contributed by atoms with Crippen LogP contribution >= 0.6 is 11.6 Å². The summed E-state index contributed by atoms with van der Waals surface area (Å²) in [5.41, 5.74) is 2.42. The molecule has 0 spiro atoms. The molecule has 1 unspecified atom stereocenters. The molecule has 0 aromatic heterocycles. The van der Waals surface area contributed by atoms with Gasteiger partial charge >= 0.3 is 6.03 Å². The lowest BCUT2D eigenvalue weighted by Gasteiger charge is -2.28. The number of halogens is 1. The van der Waals surface area contributed by atoms with Crippen molar-refractivity contribution < 1.29 is 9.90 Å². The summed E-state index contributed by atoms with van der Waals surface area (Å²) in [7, 11) is 0. The smallest absolute Gasteiger partial charge is 0.315 e. The van der Waals surface area contributed by atoms with Crippen molar-refractivity contribution in [2.75, 3.05) is 6.61 Å². The minimum Gasteiger partial charge on any atom is -0.396 e. The zero-order valence-electron chi connectivity index (χ0n) is 12.6. The van der Waals surface area contributed by atoms with Gasteiger partial charge in [-0.05, 0) is 67.7 Å². The second kappa shape index (κ2) is 6.88. The largest absolute Gasteiger partial charge is 0.396 e. The Labute approximate surface area is 136 Å². The molecular weight excluding hydrogens is 300 g/mol. The van der Waals surface area contributed by atoms with E-state index >= 15 is 0 Å². The third-order valence-electron chi connectivity index (χ3n) is 4.93. The Balaban J connectivity index is 1.51. The average molecular weight is 323 g/mol. The predicted molar refractivity (Wildman–Crippen MR) is 87.0 cm³/mol. The van der Waals surface area contributed by atoms with Gasteiger partial charge < -0.3 is 15.7 Å². The number of aliphatic hydroxyl groups excluding tert-OH is 1. The van der Waals surface area contributed by atoms with E-state index in [4.69, 9.17) is 16.7 Å². The molecule has 2 aliphatic rings. The minimum absolute atomic E-state index is 0.0831. The normalized spacial score (nSPS) is 27.3. The Morgan fingerprint density at radius 1 is 1.18 bits per heavy atom. The van der Waals surface area contributed by atoms with Crippen molar-refractivity contribution in [3.8, 4) is 0 Å². The van der Waals surface area contributed by atoms with Gasteiger partial charge in [0.1, 0.15) is 0 Å². The van der Waals surface area contributed by atoms with Crippen molar-refractivity contribution in [3.05, 3.63) is 34.3 Å². The first-order valence-electron chi connectivity index (χ1n) is 8.12. The van der Waals surface area contributed by atoms with E-state index in [9.17, 15) is 4.79 Å². The zero-order chi connectivity index (χ0) is 15.5. The molecule has 1 aromatic carbocycles. The quantitative estimate of drug-likeness (QED) is 0.800. The van der Waals surface area contributed by atoms with Crippen LogP contribution in [0.4, 0.5) is 4.79 Å². The number of rotatable bonds is 3. The van der Waals surface area contributed by atoms with Gasteiger partial charge in [0.2, 0.25) is 0 Å². The van der Waals surface area contributed by atoms with Gasteiger partial charge in [0, 0.05) is 17.7 Å². The van der Waals surface area contributed by atoms with Crippen molar-refractivity contribution in [1.82, 2.24) is 10.6 Å². The molecule has 2 amide bonds. The van der Waals surface area contributed by atoms with E-state index in [2.05, 4.69) is 10.6 Å². The van der Waals surface area contributed by atoms with Gasteiger partial charge in [-0.2, -0.15) is 0 Å². The first-order valence-corrected chi connectivity index (χ1v) is 8.49. The highest BCUT2D eigenvalue weighted by Gasteiger charge is 2.26. The highest BCUT2D eigenvalue weighted by molar-refractivity contribution is 6.30. The molecule has 0 radical (unpaired) electrons. The highest BCUT2D eigenvalue weighted by Crippen LogP contribution is 2.32. The molecule has 3 rings (SSSR count). The van der Waals surface area contributed by atoms with Crippen LogP contribution in [-0.2, 0) is 6.42 Å². The lowest BCUT2D eigenvalue weighted by Crippen LogP contribution is -2.44. The van der Waals surface area contributed by atoms with E-state index < -0.39 is 0 Å². The van der Waals surface area contributed by atoms with Crippen molar-refractivity contribution in [2.45, 2.75) is 50.6 Å². The summed E-state index contributed by atoms with van der Waals surface area (Å²) in [4.78, 5) is 12.2. The number of carbonyl (C=O) groups excluding carboxylic acids is 1. The monoisotopic (exact) mass is 322 g/mol. The number of aryl methyl sites for hydroxylation is 1. The first-order chi connectivity index (χ1) is 10.7. The van der Waals surface area contributed by atoms with E-state index in [-0.39, 0.29) is 24.7 Å². The summed E-state index contributed by atoms with van der Waals surface area (Å²) in [6.45, 7) is 0.264. The van der Waals surface area contributed by atoms with Crippen LogP contribution in [-0.4, -0.2) is 23.8 Å². The van der Waals surface area contributed by atoms with Crippen LogP contribution in [0.2, 0.25) is 5.02 Å². The number of nitrogens with one attached hydrogen (secondary N) is 2. The lowest BCUT2D eigenvalue weighted by molar-refractivity contribution is 0.174. The van der Waals surface area contributed by atoms with Crippen LogP contribution in [0.1, 0.15) is 49.3 Å². The maximum Gasteiger partial charge on any atom is 0.315 e. The highest BCUT2D eigenvalue weighted by atomic mass is 35.5. The molecule has 2 aliphatic carbocycles. The fourth-order valence-electron chi connectivity index (χ4n) is 3.61. The molecule has 1 atom stereocenters. The molecule has 22 heavy (non-hydrogen) atoms. The number of carbonyl (C=O) groups is 1. The predicted octanol–water partition coefficient (Wildman–Crippen LogP) is 3.18. The Morgan fingerprint density at radius 3 is 2.68 bits per heavy atom. The molecule has 1 fully saturated rings. The summed E-state index contributed by atoms with van der Waals surface area (Å²) < 4.78 is 0. The van der Waals surface area contributed by atoms with E-state index in [0.29, 0.717) is 5.92 Å². The van der Waals surface area contributed by atoms with Gasteiger partial charge in [0.05, 0.1) is 6.04 Å². The fourth-order valence-corrected chi connectivity index (χ4v) is 3.81. The van der Waals surface area contributed by atoms with E-state index in [1.54, 1.807) is 0 Å². The summed E-state index contributed by atoms with van der Waals surface area (Å²) in [5, 5.41) is 16.1. The number of aliphatic hydroxyl groups is 1. The Bertz CT molecular complexity index is 541. The van der Waals surface area contributed by atoms with Gasteiger partial charge in [0.15, 0.2) is 0 Å². The number of amides is 2. The van der Waals surface area contributed by atoms with Crippen molar-refractivity contribution in [3.63, 3.8) is 0 Å². The van der Waals surface area contributed by atoms with Crippen molar-refractivity contribution >= 4 is 17.6 Å². The fraction of sp³-hybridized carbons (Fsp3) is 0.588. The number of fused-ring (bicyclic) bond motifs is 1. The summed E-state index contributed by atoms with van der Waals surface area (Å²) >= 11 is 6.01. The van der Waals surface area contributed by atoms with E-state index in [1.165, 1.54) is 11.1 Å². The maximum absolute atomic E-state index is 12.2. The Hall–Kier alpha value is -1.26. The SMILES string of the molecule is O=C(NC1CCC(CO)CC1)NC1CCc2cc(Cl)ccc21. The van der Waals surface area contributed by atoms with Gasteiger partial charge in [0.25, 0.3) is 0 Å². The van der Waals surface area contributed by atoms with Crippen LogP contribution < -0.4 is 10.6 Å². The van der Waals surface area contributed by atoms with Gasteiger partial charge in [-0.25, -0.2) is 4.79 Å². The van der Waals surface area contributed by atoms with Crippen LogP contribution in [0.15, 0.2) is 18.2 Å². The van der Waals surface area contributed by atoms with Crippen molar-refractivity contribution in [1.29, 1.82) is 0 Å². The number of benzene rings is 1. The average Bonchev–Trinajstić information content (AvgIpc) is 2.90. The molecule has 0 saturated heterocycles. The number of hydrogen-bond acceptors (Lipinski definition) is 2. The molecule has 1 aromatic rings. The van der Waals surface area contributed by atoms with Crippen LogP contribution in [0.25, 0.3) is 0 Å². The van der Waals surface area contributed by atoms with Gasteiger partial charge in [-0.3, -0.25) is 0 Å². The minimum atomic E-state index is -0.0831. The standard InChI is InChI=1S/C17H23ClN2O2/c18-13-4-7-15-12(9-13)3-8-16(15)20-17(22)19-14-5-1-11(10-21)2-6-14/h4,7,9,11,14,16,21H,1-3,5-6,8,10H2,(H2,19,20,22). The Morgan fingerprint density at radius 2 is 1.95 bits per heavy atom. The number of urea groups is 1. The molecule has 3 N–H and O–H groups in total. The summed E-state index contributed by atoms with van der Waals surface area (Å²) in [6, 6.07) is 6.12. The molecule has 5 heteroatoms. The molecule has 1 saturated carbocycles. The molecule has 0 heterocycles. The summed E-state index contributed by atoms with van der Waals surface area (Å²) in [6.07, 6.45) is 5.78. The molecule has 4 nitrogen and oxygen atoms in total. The van der Waals surface area contributed by atoms with Crippen LogP contribution in [0.3, 0.4) is 0 Å². The van der Waals surface area contributed by atoms with Crippen molar-refractivity contribution in [2.24, 2.45) is 5.92 Å². The second-order valence-electron chi connectivity index (χ2n) is 6.45. The van der Waals surface area contributed by atoms with Gasteiger partial charge in [-0.1, -0.05) is 17.7 Å². The zero-order valence-corrected chi connectivity index (χ0v) is 13.4. The molecular formula is C17H23ClN2O2. The first kappa shape index (κ1) is 15.6. The van der Waals surface area contributed by atoms with E-state index in [0.717, 1.165) is 43.5 Å². The topological polar surface area (TPSA) is 61.4 Å². The third-order valence-corrected chi connectivity index (χ3v) is 5.16. The lowest BCUT2D eigenvalue weighted by atomic mass is 9.87. The molecule has 0 aliphatic heterocycles. The number of hydrogen-bond donors (Lipinski definition) is 3.